The molecule has 0 bridgehead atoms. The molecule has 0 saturated heterocycles. The molecule has 0 spiro atoms. The average molecular weight is 278 g/mol. The Hall–Kier alpha value is -1.76. The van der Waals surface area contributed by atoms with Gasteiger partial charge in [0, 0.05) is 13.7 Å². The Bertz CT molecular complexity index is 483. The number of nitrogens with zero attached hydrogens (tertiary/aromatic N) is 2. The number of methoxy groups -OCH3 is 1. The zero-order valence-electron chi connectivity index (χ0n) is 11.6. The summed E-state index contributed by atoms with van der Waals surface area (Å²) in [6.45, 7) is 0.681. The summed E-state index contributed by atoms with van der Waals surface area (Å²) in [6.07, 6.45) is -0.653. The third kappa shape index (κ3) is 2.87. The first-order chi connectivity index (χ1) is 9.54. The van der Waals surface area contributed by atoms with E-state index < -0.39 is 6.10 Å². The largest absolute Gasteiger partial charge is 0.389 e. The molecule has 1 aliphatic rings. The number of rotatable bonds is 6. The van der Waals surface area contributed by atoms with Gasteiger partial charge in [-0.25, -0.2) is 0 Å². The van der Waals surface area contributed by atoms with Crippen LogP contribution in [0.15, 0.2) is 24.3 Å². The van der Waals surface area contributed by atoms with Crippen LogP contribution in [-0.4, -0.2) is 66.8 Å². The SMILES string of the molecule is COCC(O)CN(C)CN1C(=O)c2ccccc2C1=O. The van der Waals surface area contributed by atoms with Gasteiger partial charge in [0.1, 0.15) is 0 Å². The van der Waals surface area contributed by atoms with Crippen molar-refractivity contribution in [3.8, 4) is 0 Å². The van der Waals surface area contributed by atoms with Crippen molar-refractivity contribution in [1.29, 1.82) is 0 Å². The molecule has 2 rings (SSSR count). The molecule has 6 nitrogen and oxygen atoms in total. The lowest BCUT2D eigenvalue weighted by Gasteiger charge is -2.24. The van der Waals surface area contributed by atoms with E-state index in [2.05, 4.69) is 0 Å². The molecular weight excluding hydrogens is 260 g/mol. The van der Waals surface area contributed by atoms with E-state index >= 15 is 0 Å². The number of aliphatic hydroxyl groups is 1. The molecule has 0 saturated carbocycles. The fourth-order valence-corrected chi connectivity index (χ4v) is 2.27. The Labute approximate surface area is 117 Å². The second-order valence-electron chi connectivity index (χ2n) is 4.87. The van der Waals surface area contributed by atoms with Gasteiger partial charge in [0.25, 0.3) is 11.8 Å². The third-order valence-electron chi connectivity index (χ3n) is 3.14. The first kappa shape index (κ1) is 14.6. The minimum atomic E-state index is -0.653. The number of hydrogen-bond donors (Lipinski definition) is 1. The Morgan fingerprint density at radius 3 is 2.30 bits per heavy atom. The molecule has 1 heterocycles. The number of amides is 2. The van der Waals surface area contributed by atoms with Crippen molar-refractivity contribution in [2.45, 2.75) is 6.10 Å². The van der Waals surface area contributed by atoms with E-state index in [0.29, 0.717) is 17.7 Å². The van der Waals surface area contributed by atoms with E-state index in [-0.39, 0.29) is 25.1 Å². The maximum atomic E-state index is 12.1. The van der Waals surface area contributed by atoms with Gasteiger partial charge in [0.15, 0.2) is 0 Å². The van der Waals surface area contributed by atoms with E-state index in [1.165, 1.54) is 12.0 Å². The van der Waals surface area contributed by atoms with Crippen LogP contribution in [0.3, 0.4) is 0 Å². The highest BCUT2D eigenvalue weighted by molar-refractivity contribution is 6.21. The first-order valence-electron chi connectivity index (χ1n) is 6.35. The maximum absolute atomic E-state index is 12.1. The van der Waals surface area contributed by atoms with Gasteiger partial charge in [-0.1, -0.05) is 12.1 Å². The van der Waals surface area contributed by atoms with E-state index in [0.717, 1.165) is 0 Å². The van der Waals surface area contributed by atoms with Crippen molar-refractivity contribution >= 4 is 11.8 Å². The van der Waals surface area contributed by atoms with Crippen LogP contribution in [0.1, 0.15) is 20.7 Å². The Morgan fingerprint density at radius 2 is 1.80 bits per heavy atom. The summed E-state index contributed by atoms with van der Waals surface area (Å²) in [5.74, 6) is -0.586. The second kappa shape index (κ2) is 6.13. The number of benzene rings is 1. The fourth-order valence-electron chi connectivity index (χ4n) is 2.27. The third-order valence-corrected chi connectivity index (χ3v) is 3.14. The molecule has 0 aliphatic carbocycles. The zero-order valence-corrected chi connectivity index (χ0v) is 11.6. The molecule has 1 aromatic carbocycles. The minimum Gasteiger partial charge on any atom is -0.389 e. The molecule has 1 unspecified atom stereocenters. The van der Waals surface area contributed by atoms with E-state index in [1.807, 2.05) is 0 Å². The van der Waals surface area contributed by atoms with Crippen molar-refractivity contribution in [1.82, 2.24) is 9.80 Å². The average Bonchev–Trinajstić information content (AvgIpc) is 2.65. The number of carbonyl (C=O) groups is 2. The highest BCUT2D eigenvalue weighted by Crippen LogP contribution is 2.22. The lowest BCUT2D eigenvalue weighted by Crippen LogP contribution is -2.42. The monoisotopic (exact) mass is 278 g/mol. The van der Waals surface area contributed by atoms with Gasteiger partial charge in [-0.2, -0.15) is 0 Å². The van der Waals surface area contributed by atoms with Gasteiger partial charge in [-0.05, 0) is 19.2 Å². The number of ether oxygens (including phenoxy) is 1. The maximum Gasteiger partial charge on any atom is 0.262 e. The van der Waals surface area contributed by atoms with E-state index in [9.17, 15) is 14.7 Å². The summed E-state index contributed by atoms with van der Waals surface area (Å²) < 4.78 is 4.84. The van der Waals surface area contributed by atoms with Gasteiger partial charge in [0.05, 0.1) is 30.5 Å². The van der Waals surface area contributed by atoms with Crippen molar-refractivity contribution < 1.29 is 19.4 Å². The normalized spacial score (nSPS) is 15.9. The van der Waals surface area contributed by atoms with Gasteiger partial charge in [-0.3, -0.25) is 19.4 Å². The van der Waals surface area contributed by atoms with Gasteiger partial charge < -0.3 is 9.84 Å². The standard InChI is InChI=1S/C14H18N2O4/c1-15(7-10(17)8-20-2)9-16-13(18)11-5-3-4-6-12(11)14(16)19/h3-6,10,17H,7-9H2,1-2H3. The number of aliphatic hydroxyl groups excluding tert-OH is 1. The van der Waals surface area contributed by atoms with Crippen LogP contribution in [0.4, 0.5) is 0 Å². The van der Waals surface area contributed by atoms with Gasteiger partial charge >= 0.3 is 0 Å². The predicted molar refractivity (Wildman–Crippen MR) is 72.3 cm³/mol. The van der Waals surface area contributed by atoms with E-state index in [1.54, 1.807) is 36.2 Å². The van der Waals surface area contributed by atoms with Crippen LogP contribution in [0.2, 0.25) is 0 Å². The zero-order chi connectivity index (χ0) is 14.7. The minimum absolute atomic E-state index is 0.146. The van der Waals surface area contributed by atoms with Gasteiger partial charge in [0.2, 0.25) is 0 Å². The summed E-state index contributed by atoms with van der Waals surface area (Å²) in [4.78, 5) is 27.2. The van der Waals surface area contributed by atoms with Crippen LogP contribution in [0, 0.1) is 0 Å². The quantitative estimate of drug-likeness (QED) is 0.752. The van der Waals surface area contributed by atoms with Crippen LogP contribution in [0.25, 0.3) is 0 Å². The number of hydrogen-bond acceptors (Lipinski definition) is 5. The first-order valence-corrected chi connectivity index (χ1v) is 6.35. The van der Waals surface area contributed by atoms with Crippen LogP contribution >= 0.6 is 0 Å². The molecule has 20 heavy (non-hydrogen) atoms. The smallest absolute Gasteiger partial charge is 0.262 e. The van der Waals surface area contributed by atoms with Crippen molar-refractivity contribution in [2.75, 3.05) is 34.0 Å². The summed E-state index contributed by atoms with van der Waals surface area (Å²) in [5, 5.41) is 9.64. The topological polar surface area (TPSA) is 70.1 Å². The molecule has 6 heteroatoms. The van der Waals surface area contributed by atoms with Crippen molar-refractivity contribution in [3.05, 3.63) is 35.4 Å². The highest BCUT2D eigenvalue weighted by atomic mass is 16.5. The molecule has 0 aromatic heterocycles. The lowest BCUT2D eigenvalue weighted by atomic mass is 10.1. The van der Waals surface area contributed by atoms with Crippen LogP contribution in [0.5, 0.6) is 0 Å². The summed E-state index contributed by atoms with van der Waals surface area (Å²) in [5.41, 5.74) is 0.867. The van der Waals surface area contributed by atoms with Crippen LogP contribution < -0.4 is 0 Å². The number of carbonyl (C=O) groups excluding carboxylic acids is 2. The van der Waals surface area contributed by atoms with Gasteiger partial charge in [-0.15, -0.1) is 0 Å². The predicted octanol–water partition coefficient (Wildman–Crippen LogP) is 0.179. The molecule has 2 amide bonds. The van der Waals surface area contributed by atoms with Crippen molar-refractivity contribution in [2.24, 2.45) is 0 Å². The number of likely N-dealkylation sites (N-methyl/N-ethyl adjacent to an activating group) is 1. The molecule has 1 atom stereocenters. The Balaban J connectivity index is 2.02. The molecule has 108 valence electrons. The Morgan fingerprint density at radius 1 is 1.25 bits per heavy atom. The fraction of sp³-hybridized carbons (Fsp3) is 0.429. The molecule has 0 fully saturated rings. The molecule has 0 radical (unpaired) electrons. The summed E-state index contributed by atoms with van der Waals surface area (Å²) >= 11 is 0. The molecular formula is C14H18N2O4. The summed E-state index contributed by atoms with van der Waals surface area (Å²) in [7, 11) is 3.25. The number of imide groups is 1. The molecule has 1 aliphatic heterocycles. The van der Waals surface area contributed by atoms with Crippen molar-refractivity contribution in [3.63, 3.8) is 0 Å². The highest BCUT2D eigenvalue weighted by Gasteiger charge is 2.35. The molecule has 1 aromatic rings. The lowest BCUT2D eigenvalue weighted by molar-refractivity contribution is 0.0281. The summed E-state index contributed by atoms with van der Waals surface area (Å²) in [6, 6.07) is 6.77. The second-order valence-corrected chi connectivity index (χ2v) is 4.87. The van der Waals surface area contributed by atoms with E-state index in [4.69, 9.17) is 4.74 Å². The van der Waals surface area contributed by atoms with Crippen LogP contribution in [-0.2, 0) is 4.74 Å². The Kier molecular flexibility index (Phi) is 4.49. The number of fused-ring (bicyclic) bond motifs is 1. The molecule has 1 N–H and O–H groups in total.